The minimum atomic E-state index is -0.851. The van der Waals surface area contributed by atoms with Gasteiger partial charge in [-0.25, -0.2) is 4.79 Å². The monoisotopic (exact) mass is 411 g/mol. The molecule has 0 aliphatic carbocycles. The predicted molar refractivity (Wildman–Crippen MR) is 112 cm³/mol. The number of carbonyl (C=O) groups excluding carboxylic acids is 2. The van der Waals surface area contributed by atoms with E-state index in [9.17, 15) is 14.4 Å². The van der Waals surface area contributed by atoms with Crippen LogP contribution in [0.25, 0.3) is 11.0 Å². The highest BCUT2D eigenvalue weighted by Gasteiger charge is 2.17. The predicted octanol–water partition coefficient (Wildman–Crippen LogP) is 3.64. The van der Waals surface area contributed by atoms with Crippen molar-refractivity contribution in [3.8, 4) is 0 Å². The molecule has 1 heterocycles. The van der Waals surface area contributed by atoms with Crippen molar-refractivity contribution in [1.82, 2.24) is 4.90 Å². The molecule has 7 heteroatoms. The Bertz CT molecular complexity index is 1100. The number of ether oxygens (including phenoxy) is 1. The van der Waals surface area contributed by atoms with E-state index < -0.39 is 12.6 Å². The first-order valence-electron chi connectivity index (χ1n) is 8.96. The molecule has 3 rings (SSSR count). The van der Waals surface area contributed by atoms with Crippen LogP contribution < -0.4 is 5.43 Å². The fraction of sp³-hybridized carbons (Fsp3) is 0.227. The normalized spacial score (nSPS) is 10.7. The smallest absolute Gasteiger partial charge is 0.374 e. The Hall–Kier alpha value is -3.06. The van der Waals surface area contributed by atoms with Gasteiger partial charge in [0.1, 0.15) is 5.58 Å². The molecule has 1 aromatic heterocycles. The maximum atomic E-state index is 12.3. The van der Waals surface area contributed by atoms with Crippen LogP contribution >= 0.6 is 11.8 Å². The number of rotatable bonds is 6. The van der Waals surface area contributed by atoms with Gasteiger partial charge in [0.05, 0.1) is 5.39 Å². The summed E-state index contributed by atoms with van der Waals surface area (Å²) < 4.78 is 10.5. The summed E-state index contributed by atoms with van der Waals surface area (Å²) in [4.78, 5) is 39.3. The van der Waals surface area contributed by atoms with E-state index in [0.29, 0.717) is 17.5 Å². The van der Waals surface area contributed by atoms with Crippen LogP contribution in [0.2, 0.25) is 0 Å². The first kappa shape index (κ1) is 20.7. The van der Waals surface area contributed by atoms with Gasteiger partial charge in [0.2, 0.25) is 5.76 Å². The van der Waals surface area contributed by atoms with E-state index in [1.165, 1.54) is 4.90 Å². The Morgan fingerprint density at radius 3 is 2.52 bits per heavy atom. The molecule has 0 aliphatic heterocycles. The van der Waals surface area contributed by atoms with Crippen LogP contribution in [0, 0.1) is 6.92 Å². The third-order valence-electron chi connectivity index (χ3n) is 4.42. The molecule has 0 saturated heterocycles. The van der Waals surface area contributed by atoms with E-state index in [1.807, 2.05) is 37.4 Å². The second kappa shape index (κ2) is 8.96. The highest BCUT2D eigenvalue weighted by Crippen LogP contribution is 2.16. The van der Waals surface area contributed by atoms with Crippen molar-refractivity contribution in [1.29, 1.82) is 0 Å². The lowest BCUT2D eigenvalue weighted by molar-refractivity contribution is -0.133. The first-order chi connectivity index (χ1) is 13.9. The minimum Gasteiger partial charge on any atom is -0.450 e. The lowest BCUT2D eigenvalue weighted by Gasteiger charge is -2.17. The third kappa shape index (κ3) is 5.06. The molecule has 0 spiro atoms. The van der Waals surface area contributed by atoms with Gasteiger partial charge in [-0.05, 0) is 43.0 Å². The fourth-order valence-electron chi connectivity index (χ4n) is 2.77. The number of hydrogen-bond acceptors (Lipinski definition) is 6. The van der Waals surface area contributed by atoms with Gasteiger partial charge in [-0.3, -0.25) is 9.59 Å². The van der Waals surface area contributed by atoms with E-state index in [1.54, 1.807) is 37.0 Å². The van der Waals surface area contributed by atoms with Crippen LogP contribution in [0.15, 0.2) is 62.6 Å². The summed E-state index contributed by atoms with van der Waals surface area (Å²) in [5.74, 6) is -1.43. The first-order valence-corrected chi connectivity index (χ1v) is 10.2. The Labute approximate surface area is 172 Å². The number of aryl methyl sites for hydroxylation is 1. The van der Waals surface area contributed by atoms with Crippen LogP contribution in [-0.4, -0.2) is 36.7 Å². The van der Waals surface area contributed by atoms with Crippen LogP contribution in [0.5, 0.6) is 0 Å². The molecule has 0 N–H and O–H groups in total. The third-order valence-corrected chi connectivity index (χ3v) is 5.16. The van der Waals surface area contributed by atoms with Crippen molar-refractivity contribution in [2.24, 2.45) is 0 Å². The molecule has 0 saturated carbocycles. The Kier molecular flexibility index (Phi) is 6.39. The largest absolute Gasteiger partial charge is 0.450 e. The maximum Gasteiger partial charge on any atom is 0.374 e. The zero-order chi connectivity index (χ0) is 21.0. The molecule has 0 radical (unpaired) electrons. The molecule has 0 bridgehead atoms. The van der Waals surface area contributed by atoms with E-state index in [4.69, 9.17) is 9.15 Å². The van der Waals surface area contributed by atoms with Crippen molar-refractivity contribution in [3.05, 3.63) is 75.6 Å². The molecular formula is C22H21NO5S. The Balaban J connectivity index is 1.62. The number of likely N-dealkylation sites (N-methyl/N-ethyl adjacent to an activating group) is 1. The lowest BCUT2D eigenvalue weighted by Crippen LogP contribution is -2.30. The molecule has 0 atom stereocenters. The minimum absolute atomic E-state index is 0.227. The van der Waals surface area contributed by atoms with Gasteiger partial charge in [0.15, 0.2) is 12.0 Å². The summed E-state index contributed by atoms with van der Waals surface area (Å²) >= 11 is 1.64. The number of carbonyl (C=O) groups is 2. The number of amides is 1. The maximum absolute atomic E-state index is 12.3. The number of hydrogen-bond donors (Lipinski definition) is 0. The topological polar surface area (TPSA) is 76.8 Å². The van der Waals surface area contributed by atoms with E-state index in [2.05, 4.69) is 0 Å². The highest BCUT2D eigenvalue weighted by molar-refractivity contribution is 7.98. The molecule has 6 nitrogen and oxygen atoms in total. The zero-order valence-electron chi connectivity index (χ0n) is 16.4. The van der Waals surface area contributed by atoms with Gasteiger partial charge in [0, 0.05) is 24.6 Å². The summed E-state index contributed by atoms with van der Waals surface area (Å²) in [5.41, 5.74) is 1.85. The molecule has 2 aromatic carbocycles. The number of thioether (sulfide) groups is 1. The SMILES string of the molecule is CSc1ccc(CN(C)C(=O)COC(=O)c2cc(=O)c3cc(C)ccc3o2)cc1. The van der Waals surface area contributed by atoms with Crippen LogP contribution in [0.4, 0.5) is 0 Å². The quantitative estimate of drug-likeness (QED) is 0.455. The standard InChI is InChI=1S/C22H21NO5S/c1-14-4-9-19-17(10-14)18(24)11-20(28-19)22(26)27-13-21(25)23(2)12-15-5-7-16(29-3)8-6-15/h4-11H,12-13H2,1-3H3. The van der Waals surface area contributed by atoms with Crippen molar-refractivity contribution in [3.63, 3.8) is 0 Å². The summed E-state index contributed by atoms with van der Waals surface area (Å²) in [5, 5.41) is 0.393. The van der Waals surface area contributed by atoms with Crippen molar-refractivity contribution in [2.75, 3.05) is 19.9 Å². The van der Waals surface area contributed by atoms with E-state index in [0.717, 1.165) is 22.1 Å². The van der Waals surface area contributed by atoms with Gasteiger partial charge in [-0.15, -0.1) is 11.8 Å². The van der Waals surface area contributed by atoms with Crippen LogP contribution in [0.3, 0.4) is 0 Å². The molecule has 0 fully saturated rings. The van der Waals surface area contributed by atoms with Gasteiger partial charge in [-0.2, -0.15) is 0 Å². The van der Waals surface area contributed by atoms with Gasteiger partial charge in [-0.1, -0.05) is 23.8 Å². The summed E-state index contributed by atoms with van der Waals surface area (Å²) in [6.07, 6.45) is 2.00. The average Bonchev–Trinajstić information content (AvgIpc) is 2.72. The number of benzene rings is 2. The second-order valence-corrected chi connectivity index (χ2v) is 7.53. The van der Waals surface area contributed by atoms with Crippen LogP contribution in [-0.2, 0) is 16.1 Å². The van der Waals surface area contributed by atoms with Crippen LogP contribution in [0.1, 0.15) is 21.7 Å². The zero-order valence-corrected chi connectivity index (χ0v) is 17.2. The molecule has 0 aliphatic rings. The summed E-state index contributed by atoms with van der Waals surface area (Å²) in [7, 11) is 1.64. The lowest BCUT2D eigenvalue weighted by atomic mass is 10.1. The number of esters is 1. The fourth-order valence-corrected chi connectivity index (χ4v) is 3.18. The highest BCUT2D eigenvalue weighted by atomic mass is 32.2. The average molecular weight is 411 g/mol. The molecular weight excluding hydrogens is 390 g/mol. The summed E-state index contributed by atoms with van der Waals surface area (Å²) in [6, 6.07) is 14.1. The Morgan fingerprint density at radius 1 is 1.10 bits per heavy atom. The van der Waals surface area contributed by atoms with Crippen molar-refractivity contribution in [2.45, 2.75) is 18.4 Å². The number of fused-ring (bicyclic) bond motifs is 1. The molecule has 150 valence electrons. The molecule has 3 aromatic rings. The molecule has 29 heavy (non-hydrogen) atoms. The van der Waals surface area contributed by atoms with Gasteiger partial charge in [0.25, 0.3) is 5.91 Å². The van der Waals surface area contributed by atoms with Crippen molar-refractivity contribution >= 4 is 34.6 Å². The number of nitrogens with zero attached hydrogens (tertiary/aromatic N) is 1. The molecule has 0 unspecified atom stereocenters. The van der Waals surface area contributed by atoms with E-state index in [-0.39, 0.29) is 17.1 Å². The van der Waals surface area contributed by atoms with E-state index >= 15 is 0 Å². The second-order valence-electron chi connectivity index (χ2n) is 6.65. The summed E-state index contributed by atoms with van der Waals surface area (Å²) in [6.45, 7) is 1.82. The van der Waals surface area contributed by atoms with Crippen molar-refractivity contribution < 1.29 is 18.7 Å². The van der Waals surface area contributed by atoms with Gasteiger partial charge < -0.3 is 14.1 Å². The Morgan fingerprint density at radius 2 is 1.83 bits per heavy atom. The molecule has 1 amide bonds. The van der Waals surface area contributed by atoms with Gasteiger partial charge >= 0.3 is 5.97 Å².